The number of Topliss-reactive ketones (excluding diaryl/α,β-unsaturated/α-hetero) is 1. The second-order valence-electron chi connectivity index (χ2n) is 4.70. The van der Waals surface area contributed by atoms with Crippen molar-refractivity contribution in [1.82, 2.24) is 0 Å². The molecular weight excluding hydrogens is 246 g/mol. The van der Waals surface area contributed by atoms with Crippen LogP contribution < -0.4 is 0 Å². The standard InChI is InChI=1S/C18H17NO/c1-2-14-8-6-7-11-16(14)18(20)17(12-13-19)15-9-4-3-5-10-15/h3-11,17H,2,12H2,1H3. The van der Waals surface area contributed by atoms with Crippen molar-refractivity contribution in [2.75, 3.05) is 0 Å². The van der Waals surface area contributed by atoms with Gasteiger partial charge in [0, 0.05) is 12.0 Å². The Hall–Kier alpha value is -2.40. The van der Waals surface area contributed by atoms with Gasteiger partial charge in [-0.2, -0.15) is 5.26 Å². The second-order valence-corrected chi connectivity index (χ2v) is 4.70. The lowest BCUT2D eigenvalue weighted by atomic mass is 9.86. The monoisotopic (exact) mass is 263 g/mol. The molecule has 0 aliphatic heterocycles. The zero-order chi connectivity index (χ0) is 14.4. The van der Waals surface area contributed by atoms with E-state index in [1.807, 2.05) is 61.5 Å². The number of carbonyl (C=O) groups excluding carboxylic acids is 1. The third-order valence-corrected chi connectivity index (χ3v) is 3.48. The van der Waals surface area contributed by atoms with E-state index in [0.29, 0.717) is 0 Å². The molecule has 2 nitrogen and oxygen atoms in total. The molecule has 0 aromatic heterocycles. The zero-order valence-electron chi connectivity index (χ0n) is 11.5. The Morgan fingerprint density at radius 2 is 1.75 bits per heavy atom. The summed E-state index contributed by atoms with van der Waals surface area (Å²) in [5, 5.41) is 9.02. The van der Waals surface area contributed by atoms with Crippen molar-refractivity contribution >= 4 is 5.78 Å². The molecule has 0 bridgehead atoms. The molecule has 20 heavy (non-hydrogen) atoms. The van der Waals surface area contributed by atoms with Crippen molar-refractivity contribution < 1.29 is 4.79 Å². The van der Waals surface area contributed by atoms with Crippen LogP contribution in [0.2, 0.25) is 0 Å². The van der Waals surface area contributed by atoms with Gasteiger partial charge in [0.1, 0.15) is 0 Å². The van der Waals surface area contributed by atoms with Gasteiger partial charge in [-0.15, -0.1) is 0 Å². The molecule has 0 saturated carbocycles. The lowest BCUT2D eigenvalue weighted by molar-refractivity contribution is 0.0959. The molecule has 2 aromatic carbocycles. The Morgan fingerprint density at radius 1 is 1.10 bits per heavy atom. The summed E-state index contributed by atoms with van der Waals surface area (Å²) in [6, 6.07) is 19.3. The molecule has 1 atom stereocenters. The number of hydrogen-bond donors (Lipinski definition) is 0. The van der Waals surface area contributed by atoms with Gasteiger partial charge in [-0.25, -0.2) is 0 Å². The van der Waals surface area contributed by atoms with Crippen molar-refractivity contribution in [1.29, 1.82) is 5.26 Å². The molecule has 2 aromatic rings. The average molecular weight is 263 g/mol. The molecule has 2 rings (SSSR count). The Balaban J connectivity index is 2.40. The molecular formula is C18H17NO. The molecule has 2 heteroatoms. The highest BCUT2D eigenvalue weighted by molar-refractivity contribution is 6.02. The highest BCUT2D eigenvalue weighted by atomic mass is 16.1. The molecule has 0 saturated heterocycles. The van der Waals surface area contributed by atoms with Crippen molar-refractivity contribution in [2.24, 2.45) is 0 Å². The van der Waals surface area contributed by atoms with Gasteiger partial charge in [0.25, 0.3) is 0 Å². The van der Waals surface area contributed by atoms with E-state index in [0.717, 1.165) is 23.1 Å². The third kappa shape index (κ3) is 2.95. The van der Waals surface area contributed by atoms with Gasteiger partial charge in [0.15, 0.2) is 5.78 Å². The largest absolute Gasteiger partial charge is 0.293 e. The van der Waals surface area contributed by atoms with Crippen LogP contribution in [0.3, 0.4) is 0 Å². The van der Waals surface area contributed by atoms with Gasteiger partial charge in [-0.05, 0) is 17.5 Å². The number of carbonyl (C=O) groups is 1. The minimum Gasteiger partial charge on any atom is -0.293 e. The number of aryl methyl sites for hydroxylation is 1. The lowest BCUT2D eigenvalue weighted by Gasteiger charge is -2.15. The topological polar surface area (TPSA) is 40.9 Å². The Kier molecular flexibility index (Phi) is 4.68. The van der Waals surface area contributed by atoms with E-state index < -0.39 is 0 Å². The minimum atomic E-state index is -0.381. The molecule has 0 amide bonds. The SMILES string of the molecule is CCc1ccccc1C(=O)C(CC#N)c1ccccc1. The number of nitriles is 1. The highest BCUT2D eigenvalue weighted by Crippen LogP contribution is 2.25. The molecule has 0 N–H and O–H groups in total. The molecule has 100 valence electrons. The summed E-state index contributed by atoms with van der Waals surface area (Å²) in [6.07, 6.45) is 1.02. The predicted octanol–water partition coefficient (Wildman–Crippen LogP) is 4.13. The van der Waals surface area contributed by atoms with Gasteiger partial charge in [0.05, 0.1) is 12.0 Å². The first-order chi connectivity index (χ1) is 9.77. The van der Waals surface area contributed by atoms with Crippen molar-refractivity contribution in [3.63, 3.8) is 0 Å². The normalized spacial score (nSPS) is 11.6. The summed E-state index contributed by atoms with van der Waals surface area (Å²) < 4.78 is 0. The second kappa shape index (κ2) is 6.68. The Morgan fingerprint density at radius 3 is 2.40 bits per heavy atom. The summed E-state index contributed by atoms with van der Waals surface area (Å²) >= 11 is 0. The Labute approximate surface area is 119 Å². The lowest BCUT2D eigenvalue weighted by Crippen LogP contribution is -2.14. The molecule has 0 heterocycles. The average Bonchev–Trinajstić information content (AvgIpc) is 2.52. The van der Waals surface area contributed by atoms with E-state index >= 15 is 0 Å². The van der Waals surface area contributed by atoms with Crippen molar-refractivity contribution in [3.8, 4) is 6.07 Å². The van der Waals surface area contributed by atoms with Gasteiger partial charge in [-0.1, -0.05) is 61.5 Å². The maximum atomic E-state index is 12.8. The summed E-state index contributed by atoms with van der Waals surface area (Å²) in [5.74, 6) is -0.343. The van der Waals surface area contributed by atoms with Gasteiger partial charge < -0.3 is 0 Å². The summed E-state index contributed by atoms with van der Waals surface area (Å²) in [6.45, 7) is 2.04. The third-order valence-electron chi connectivity index (χ3n) is 3.48. The molecule has 0 spiro atoms. The summed E-state index contributed by atoms with van der Waals surface area (Å²) in [4.78, 5) is 12.8. The van der Waals surface area contributed by atoms with Crippen LogP contribution in [0.1, 0.15) is 40.7 Å². The van der Waals surface area contributed by atoms with Crippen LogP contribution in [0.5, 0.6) is 0 Å². The van der Waals surface area contributed by atoms with E-state index in [1.165, 1.54) is 0 Å². The van der Waals surface area contributed by atoms with E-state index in [9.17, 15) is 4.79 Å². The van der Waals surface area contributed by atoms with E-state index in [2.05, 4.69) is 6.07 Å². The van der Waals surface area contributed by atoms with Crippen LogP contribution in [0.15, 0.2) is 54.6 Å². The van der Waals surface area contributed by atoms with Crippen molar-refractivity contribution in [2.45, 2.75) is 25.7 Å². The number of rotatable bonds is 5. The van der Waals surface area contributed by atoms with Crippen LogP contribution in [-0.2, 0) is 6.42 Å². The fourth-order valence-corrected chi connectivity index (χ4v) is 2.40. The molecule has 0 fully saturated rings. The number of nitrogens with zero attached hydrogens (tertiary/aromatic N) is 1. The number of benzene rings is 2. The number of hydrogen-bond acceptors (Lipinski definition) is 2. The van der Waals surface area contributed by atoms with Crippen LogP contribution in [0.4, 0.5) is 0 Å². The molecule has 0 aliphatic carbocycles. The van der Waals surface area contributed by atoms with Crippen LogP contribution in [0, 0.1) is 11.3 Å². The van der Waals surface area contributed by atoms with E-state index in [-0.39, 0.29) is 18.1 Å². The summed E-state index contributed by atoms with van der Waals surface area (Å²) in [5.41, 5.74) is 2.68. The molecule has 0 aliphatic rings. The fourth-order valence-electron chi connectivity index (χ4n) is 2.40. The predicted molar refractivity (Wildman–Crippen MR) is 79.6 cm³/mol. The number of ketones is 1. The maximum absolute atomic E-state index is 12.8. The van der Waals surface area contributed by atoms with Gasteiger partial charge in [0.2, 0.25) is 0 Å². The smallest absolute Gasteiger partial charge is 0.171 e. The Bertz CT molecular complexity index is 625. The first kappa shape index (κ1) is 14.0. The van der Waals surface area contributed by atoms with Crippen LogP contribution in [0.25, 0.3) is 0 Å². The molecule has 0 radical (unpaired) electrons. The molecule has 1 unspecified atom stereocenters. The van der Waals surface area contributed by atoms with Crippen LogP contribution in [-0.4, -0.2) is 5.78 Å². The fraction of sp³-hybridized carbons (Fsp3) is 0.222. The van der Waals surface area contributed by atoms with Gasteiger partial charge in [-0.3, -0.25) is 4.79 Å². The highest BCUT2D eigenvalue weighted by Gasteiger charge is 2.23. The zero-order valence-corrected chi connectivity index (χ0v) is 11.5. The maximum Gasteiger partial charge on any atom is 0.171 e. The van der Waals surface area contributed by atoms with Gasteiger partial charge >= 0.3 is 0 Å². The van der Waals surface area contributed by atoms with Crippen molar-refractivity contribution in [3.05, 3.63) is 71.3 Å². The van der Waals surface area contributed by atoms with E-state index in [4.69, 9.17) is 5.26 Å². The first-order valence-electron chi connectivity index (χ1n) is 6.82. The minimum absolute atomic E-state index is 0.0372. The quantitative estimate of drug-likeness (QED) is 0.761. The van der Waals surface area contributed by atoms with E-state index in [1.54, 1.807) is 0 Å². The summed E-state index contributed by atoms with van der Waals surface area (Å²) in [7, 11) is 0. The first-order valence-corrected chi connectivity index (χ1v) is 6.82. The van der Waals surface area contributed by atoms with Crippen LogP contribution >= 0.6 is 0 Å².